The second-order valence-corrected chi connectivity index (χ2v) is 5.55. The Kier molecular flexibility index (Phi) is 3.65. The first-order chi connectivity index (χ1) is 10.2. The summed E-state index contributed by atoms with van der Waals surface area (Å²) in [5.74, 6) is 1.40. The summed E-state index contributed by atoms with van der Waals surface area (Å²) in [6.45, 7) is 4.43. The summed E-state index contributed by atoms with van der Waals surface area (Å²) in [7, 11) is 0. The SMILES string of the molecule is CCC(C)C(c1ccccc1)c1nc2cc(N)ccc2o1. The van der Waals surface area contributed by atoms with Crippen molar-refractivity contribution in [3.8, 4) is 0 Å². The summed E-state index contributed by atoms with van der Waals surface area (Å²) in [5, 5.41) is 0. The fraction of sp³-hybridized carbons (Fsp3) is 0.278. The highest BCUT2D eigenvalue weighted by atomic mass is 16.3. The molecule has 0 spiro atoms. The average Bonchev–Trinajstić information content (AvgIpc) is 2.90. The molecule has 0 fully saturated rings. The highest BCUT2D eigenvalue weighted by molar-refractivity contribution is 5.76. The lowest BCUT2D eigenvalue weighted by Gasteiger charge is -2.20. The van der Waals surface area contributed by atoms with E-state index in [1.54, 1.807) is 0 Å². The minimum absolute atomic E-state index is 0.171. The van der Waals surface area contributed by atoms with Crippen molar-refractivity contribution in [3.05, 3.63) is 60.0 Å². The molecule has 21 heavy (non-hydrogen) atoms. The van der Waals surface area contributed by atoms with E-state index in [0.717, 1.165) is 23.4 Å². The molecule has 3 nitrogen and oxygen atoms in total. The monoisotopic (exact) mass is 280 g/mol. The number of fused-ring (bicyclic) bond motifs is 1. The predicted molar refractivity (Wildman–Crippen MR) is 86.2 cm³/mol. The Bertz CT molecular complexity index is 733. The van der Waals surface area contributed by atoms with E-state index in [1.165, 1.54) is 5.56 Å². The maximum absolute atomic E-state index is 6.00. The third-order valence-electron chi connectivity index (χ3n) is 4.07. The zero-order chi connectivity index (χ0) is 14.8. The number of benzene rings is 2. The molecule has 2 atom stereocenters. The number of hydrogen-bond donors (Lipinski definition) is 1. The highest BCUT2D eigenvalue weighted by Gasteiger charge is 2.25. The maximum Gasteiger partial charge on any atom is 0.203 e. The first-order valence-corrected chi connectivity index (χ1v) is 7.40. The van der Waals surface area contributed by atoms with Gasteiger partial charge in [0.15, 0.2) is 5.58 Å². The molecule has 3 heteroatoms. The van der Waals surface area contributed by atoms with E-state index in [1.807, 2.05) is 24.3 Å². The number of nitrogens with zero attached hydrogens (tertiary/aromatic N) is 1. The summed E-state index contributed by atoms with van der Waals surface area (Å²) in [4.78, 5) is 4.67. The smallest absolute Gasteiger partial charge is 0.203 e. The van der Waals surface area contributed by atoms with Crippen LogP contribution in [0.25, 0.3) is 11.1 Å². The minimum atomic E-state index is 0.171. The molecule has 2 aromatic carbocycles. The van der Waals surface area contributed by atoms with E-state index < -0.39 is 0 Å². The van der Waals surface area contributed by atoms with Gasteiger partial charge >= 0.3 is 0 Å². The molecule has 0 aliphatic rings. The Labute approximate surface area is 124 Å². The van der Waals surface area contributed by atoms with Crippen molar-refractivity contribution in [2.24, 2.45) is 5.92 Å². The van der Waals surface area contributed by atoms with Gasteiger partial charge in [-0.05, 0) is 29.7 Å². The largest absolute Gasteiger partial charge is 0.440 e. The lowest BCUT2D eigenvalue weighted by Crippen LogP contribution is -2.11. The van der Waals surface area contributed by atoms with Crippen LogP contribution in [0.2, 0.25) is 0 Å². The van der Waals surface area contributed by atoms with E-state index in [4.69, 9.17) is 10.2 Å². The molecule has 0 bridgehead atoms. The Balaban J connectivity index is 2.10. The van der Waals surface area contributed by atoms with Crippen LogP contribution in [0.15, 0.2) is 52.9 Å². The fourth-order valence-electron chi connectivity index (χ4n) is 2.71. The molecule has 2 unspecified atom stereocenters. The standard InChI is InChI=1S/C18H20N2O/c1-3-12(2)17(13-7-5-4-6-8-13)18-20-15-11-14(19)9-10-16(15)21-18/h4-12,17H,3,19H2,1-2H3. The number of hydrogen-bond acceptors (Lipinski definition) is 3. The molecule has 1 aromatic heterocycles. The van der Waals surface area contributed by atoms with E-state index in [9.17, 15) is 0 Å². The zero-order valence-corrected chi connectivity index (χ0v) is 12.4. The number of aromatic nitrogens is 1. The van der Waals surface area contributed by atoms with Gasteiger partial charge in [-0.3, -0.25) is 0 Å². The van der Waals surface area contributed by atoms with Gasteiger partial charge in [0, 0.05) is 5.69 Å². The molecule has 3 rings (SSSR count). The lowest BCUT2D eigenvalue weighted by molar-refractivity contribution is 0.406. The van der Waals surface area contributed by atoms with Gasteiger partial charge in [-0.15, -0.1) is 0 Å². The summed E-state index contributed by atoms with van der Waals surface area (Å²) < 4.78 is 6.00. The quantitative estimate of drug-likeness (QED) is 0.711. The molecule has 0 radical (unpaired) electrons. The fourth-order valence-corrected chi connectivity index (χ4v) is 2.71. The molecule has 1 heterocycles. The van der Waals surface area contributed by atoms with E-state index >= 15 is 0 Å². The second-order valence-electron chi connectivity index (χ2n) is 5.55. The van der Waals surface area contributed by atoms with Gasteiger partial charge in [-0.2, -0.15) is 0 Å². The van der Waals surface area contributed by atoms with Crippen LogP contribution >= 0.6 is 0 Å². The number of oxazole rings is 1. The first-order valence-electron chi connectivity index (χ1n) is 7.40. The van der Waals surface area contributed by atoms with Crippen molar-refractivity contribution < 1.29 is 4.42 Å². The van der Waals surface area contributed by atoms with Crippen LogP contribution in [0.4, 0.5) is 5.69 Å². The Morgan fingerprint density at radius 2 is 1.90 bits per heavy atom. The van der Waals surface area contributed by atoms with Gasteiger partial charge in [0.05, 0.1) is 5.92 Å². The van der Waals surface area contributed by atoms with E-state index in [-0.39, 0.29) is 5.92 Å². The van der Waals surface area contributed by atoms with Gasteiger partial charge in [-0.1, -0.05) is 50.6 Å². The number of nitrogens with two attached hydrogens (primary N) is 1. The van der Waals surface area contributed by atoms with Crippen LogP contribution in [0.5, 0.6) is 0 Å². The van der Waals surface area contributed by atoms with Crippen LogP contribution in [0.1, 0.15) is 37.6 Å². The second kappa shape index (κ2) is 5.60. The minimum Gasteiger partial charge on any atom is -0.440 e. The Morgan fingerprint density at radius 1 is 1.14 bits per heavy atom. The predicted octanol–water partition coefficient (Wildman–Crippen LogP) is 4.59. The van der Waals surface area contributed by atoms with Crippen LogP contribution in [0.3, 0.4) is 0 Å². The van der Waals surface area contributed by atoms with Crippen molar-refractivity contribution in [3.63, 3.8) is 0 Å². The summed E-state index contributed by atoms with van der Waals surface area (Å²) in [6.07, 6.45) is 1.07. The Morgan fingerprint density at radius 3 is 2.62 bits per heavy atom. The van der Waals surface area contributed by atoms with Crippen LogP contribution in [0, 0.1) is 5.92 Å². The van der Waals surface area contributed by atoms with Crippen molar-refractivity contribution in [1.29, 1.82) is 0 Å². The molecule has 0 saturated carbocycles. The van der Waals surface area contributed by atoms with Crippen molar-refractivity contribution in [1.82, 2.24) is 4.98 Å². The molecule has 0 amide bonds. The number of rotatable bonds is 4. The zero-order valence-electron chi connectivity index (χ0n) is 12.4. The third-order valence-corrected chi connectivity index (χ3v) is 4.07. The van der Waals surface area contributed by atoms with Gasteiger partial charge in [0.1, 0.15) is 5.52 Å². The number of nitrogen functional groups attached to an aromatic ring is 1. The van der Waals surface area contributed by atoms with Gasteiger partial charge in [0.2, 0.25) is 5.89 Å². The van der Waals surface area contributed by atoms with Gasteiger partial charge < -0.3 is 10.2 Å². The van der Waals surface area contributed by atoms with Crippen LogP contribution in [-0.2, 0) is 0 Å². The topological polar surface area (TPSA) is 52.0 Å². The summed E-state index contributed by atoms with van der Waals surface area (Å²) in [6, 6.07) is 16.0. The molecule has 2 N–H and O–H groups in total. The molecule has 3 aromatic rings. The normalized spacial score (nSPS) is 14.2. The maximum atomic E-state index is 6.00. The van der Waals surface area contributed by atoms with Gasteiger partial charge in [-0.25, -0.2) is 4.98 Å². The Hall–Kier alpha value is -2.29. The van der Waals surface area contributed by atoms with E-state index in [2.05, 4.69) is 43.1 Å². The molecule has 0 aliphatic heterocycles. The highest BCUT2D eigenvalue weighted by Crippen LogP contribution is 2.35. The molecular weight excluding hydrogens is 260 g/mol. The van der Waals surface area contributed by atoms with E-state index in [0.29, 0.717) is 11.6 Å². The average molecular weight is 280 g/mol. The lowest BCUT2D eigenvalue weighted by atomic mass is 9.85. The summed E-state index contributed by atoms with van der Waals surface area (Å²) in [5.41, 5.74) is 9.40. The van der Waals surface area contributed by atoms with Crippen molar-refractivity contribution >= 4 is 16.8 Å². The summed E-state index contributed by atoms with van der Waals surface area (Å²) >= 11 is 0. The number of anilines is 1. The third kappa shape index (κ3) is 2.64. The van der Waals surface area contributed by atoms with Gasteiger partial charge in [0.25, 0.3) is 0 Å². The van der Waals surface area contributed by atoms with Crippen molar-refractivity contribution in [2.75, 3.05) is 5.73 Å². The molecule has 0 saturated heterocycles. The molecule has 0 aliphatic carbocycles. The van der Waals surface area contributed by atoms with Crippen LogP contribution < -0.4 is 5.73 Å². The van der Waals surface area contributed by atoms with Crippen LogP contribution in [-0.4, -0.2) is 4.98 Å². The molecule has 108 valence electrons. The van der Waals surface area contributed by atoms with Crippen molar-refractivity contribution in [2.45, 2.75) is 26.2 Å². The first kappa shape index (κ1) is 13.7. The molecular formula is C18H20N2O.